The smallest absolute Gasteiger partial charge is 0.164 e. The van der Waals surface area contributed by atoms with E-state index < -0.39 is 49.0 Å². The zero-order valence-corrected chi connectivity index (χ0v) is 14.8. The van der Waals surface area contributed by atoms with Crippen LogP contribution in [0.2, 0.25) is 0 Å². The van der Waals surface area contributed by atoms with Gasteiger partial charge in [-0.05, 0) is 20.8 Å². The molecule has 1 fully saturated rings. The van der Waals surface area contributed by atoms with Crippen LogP contribution in [0.15, 0.2) is 0 Å². The minimum absolute atomic E-state index is 0.399. The first-order valence-corrected chi connectivity index (χ1v) is 7.54. The number of aliphatic hydroxyl groups excluding tert-OH is 2. The lowest BCUT2D eigenvalue weighted by Gasteiger charge is -2.46. The van der Waals surface area contributed by atoms with Gasteiger partial charge < -0.3 is 19.7 Å². The van der Waals surface area contributed by atoms with Crippen LogP contribution < -0.4 is 0 Å². The van der Waals surface area contributed by atoms with E-state index in [1.165, 1.54) is 21.3 Å². The lowest BCUT2D eigenvalue weighted by atomic mass is 9.95. The molecule has 0 bridgehead atoms. The van der Waals surface area contributed by atoms with Crippen LogP contribution in [-0.4, -0.2) is 80.6 Å². The Labute approximate surface area is 141 Å². The van der Waals surface area contributed by atoms with Gasteiger partial charge in [-0.2, -0.15) is 0 Å². The van der Waals surface area contributed by atoms with Gasteiger partial charge >= 0.3 is 0 Å². The molecule has 0 aliphatic carbocycles. The van der Waals surface area contributed by atoms with Gasteiger partial charge in [-0.1, -0.05) is 0 Å². The van der Waals surface area contributed by atoms with Crippen molar-refractivity contribution in [2.24, 2.45) is 0 Å². The molecule has 0 aromatic carbocycles. The molecule has 1 heterocycles. The van der Waals surface area contributed by atoms with E-state index in [-0.39, 0.29) is 0 Å². The molecule has 0 radical (unpaired) electrons. The second-order valence-electron chi connectivity index (χ2n) is 5.73. The molecular formula is C14H28O10. The van der Waals surface area contributed by atoms with Crippen molar-refractivity contribution in [3.05, 3.63) is 0 Å². The Balaban J connectivity index is 3.08. The summed E-state index contributed by atoms with van der Waals surface area (Å²) in [6.45, 7) is 4.56. The van der Waals surface area contributed by atoms with Crippen LogP contribution >= 0.6 is 0 Å². The van der Waals surface area contributed by atoms with E-state index in [0.29, 0.717) is 0 Å². The zero-order valence-electron chi connectivity index (χ0n) is 14.8. The molecule has 0 aromatic rings. The summed E-state index contributed by atoms with van der Waals surface area (Å²) in [5.41, 5.74) is 0. The fourth-order valence-corrected chi connectivity index (χ4v) is 2.60. The number of rotatable bonds is 10. The summed E-state index contributed by atoms with van der Waals surface area (Å²) in [6.07, 6.45) is -5.57. The fourth-order valence-electron chi connectivity index (χ4n) is 2.60. The van der Waals surface area contributed by atoms with Gasteiger partial charge in [0.2, 0.25) is 0 Å². The van der Waals surface area contributed by atoms with Crippen LogP contribution in [0.25, 0.3) is 0 Å². The Hall–Kier alpha value is -0.400. The summed E-state index contributed by atoms with van der Waals surface area (Å²) in [5, 5.41) is 19.9. The molecule has 24 heavy (non-hydrogen) atoms. The number of hydrogen-bond acceptors (Lipinski definition) is 10. The molecule has 1 aliphatic rings. The number of hydrogen-bond donors (Lipinski definition) is 2. The fraction of sp³-hybridized carbons (Fsp3) is 1.00. The van der Waals surface area contributed by atoms with Crippen LogP contribution in [0.3, 0.4) is 0 Å². The SMILES string of the molecule is COOC(C)[C@@H](OOC)[C@@H](OOC)[C@@H]1OC(C)(C)O[C@@H](CO)[C@H]1O. The highest BCUT2D eigenvalue weighted by molar-refractivity contribution is 4.93. The third-order valence-corrected chi connectivity index (χ3v) is 3.53. The molecule has 6 atom stereocenters. The van der Waals surface area contributed by atoms with Crippen LogP contribution in [-0.2, 0) is 38.8 Å². The predicted molar refractivity (Wildman–Crippen MR) is 78.2 cm³/mol. The summed E-state index contributed by atoms with van der Waals surface area (Å²) >= 11 is 0. The average molecular weight is 356 g/mol. The van der Waals surface area contributed by atoms with Crippen molar-refractivity contribution >= 4 is 0 Å². The lowest BCUT2D eigenvalue weighted by molar-refractivity contribution is -0.440. The Morgan fingerprint density at radius 1 is 1.00 bits per heavy atom. The summed E-state index contributed by atoms with van der Waals surface area (Å²) < 4.78 is 11.3. The van der Waals surface area contributed by atoms with Gasteiger partial charge in [0.25, 0.3) is 0 Å². The number of ether oxygens (including phenoxy) is 2. The third kappa shape index (κ3) is 5.56. The molecule has 1 saturated heterocycles. The molecular weight excluding hydrogens is 328 g/mol. The monoisotopic (exact) mass is 356 g/mol. The van der Waals surface area contributed by atoms with E-state index in [4.69, 9.17) is 33.9 Å². The Morgan fingerprint density at radius 3 is 2.08 bits per heavy atom. The van der Waals surface area contributed by atoms with Crippen LogP contribution in [0.1, 0.15) is 20.8 Å². The van der Waals surface area contributed by atoms with E-state index >= 15 is 0 Å². The molecule has 10 heteroatoms. The Kier molecular flexibility index (Phi) is 8.95. The largest absolute Gasteiger partial charge is 0.394 e. The Morgan fingerprint density at radius 2 is 1.58 bits per heavy atom. The highest BCUT2D eigenvalue weighted by Crippen LogP contribution is 2.32. The first kappa shape index (κ1) is 21.6. The molecule has 2 N–H and O–H groups in total. The minimum Gasteiger partial charge on any atom is -0.394 e. The molecule has 0 saturated carbocycles. The van der Waals surface area contributed by atoms with Crippen molar-refractivity contribution in [1.29, 1.82) is 0 Å². The van der Waals surface area contributed by atoms with E-state index in [2.05, 4.69) is 4.89 Å². The second-order valence-corrected chi connectivity index (χ2v) is 5.73. The summed E-state index contributed by atoms with van der Waals surface area (Å²) in [6, 6.07) is 0. The van der Waals surface area contributed by atoms with Crippen LogP contribution in [0.4, 0.5) is 0 Å². The van der Waals surface area contributed by atoms with Gasteiger partial charge in [0.1, 0.15) is 24.4 Å². The first-order chi connectivity index (χ1) is 11.3. The van der Waals surface area contributed by atoms with Gasteiger partial charge in [0.15, 0.2) is 18.0 Å². The molecule has 0 spiro atoms. The average Bonchev–Trinajstić information content (AvgIpc) is 2.53. The van der Waals surface area contributed by atoms with Crippen LogP contribution in [0, 0.1) is 0 Å². The van der Waals surface area contributed by atoms with Crippen molar-refractivity contribution in [3.8, 4) is 0 Å². The van der Waals surface area contributed by atoms with Gasteiger partial charge in [-0.3, -0.25) is 0 Å². The van der Waals surface area contributed by atoms with Gasteiger partial charge in [-0.25, -0.2) is 29.3 Å². The Bertz CT molecular complexity index is 352. The summed E-state index contributed by atoms with van der Waals surface area (Å²) in [4.78, 5) is 29.7. The van der Waals surface area contributed by atoms with Crippen LogP contribution in [0.5, 0.6) is 0 Å². The quantitative estimate of drug-likeness (QED) is 0.400. The van der Waals surface area contributed by atoms with Crippen molar-refractivity contribution in [3.63, 3.8) is 0 Å². The van der Waals surface area contributed by atoms with E-state index in [1.807, 2.05) is 0 Å². The highest BCUT2D eigenvalue weighted by atomic mass is 17.2. The molecule has 0 aromatic heterocycles. The summed E-state index contributed by atoms with van der Waals surface area (Å²) in [5.74, 6) is -1.07. The predicted octanol–water partition coefficient (Wildman–Crippen LogP) is -0.281. The second kappa shape index (κ2) is 9.92. The standard InChI is InChI=1S/C14H28O10/c1-8(22-17-4)11(23-18-5)13(24-19-6)12-10(16)9(7-15)20-14(2,3)21-12/h8-13,15-16H,7H2,1-6H3/t8?,9-,10+,11+,12+,13+/m0/s1. The minimum atomic E-state index is -1.21. The molecule has 1 rings (SSSR count). The van der Waals surface area contributed by atoms with Crippen molar-refractivity contribution in [1.82, 2.24) is 0 Å². The molecule has 144 valence electrons. The maximum absolute atomic E-state index is 10.5. The normalized spacial score (nSPS) is 30.8. The van der Waals surface area contributed by atoms with Gasteiger partial charge in [-0.15, -0.1) is 0 Å². The van der Waals surface area contributed by atoms with Crippen molar-refractivity contribution < 1.29 is 49.0 Å². The van der Waals surface area contributed by atoms with Gasteiger partial charge in [0.05, 0.1) is 27.9 Å². The first-order valence-electron chi connectivity index (χ1n) is 7.54. The van der Waals surface area contributed by atoms with E-state index in [1.54, 1.807) is 20.8 Å². The zero-order chi connectivity index (χ0) is 18.3. The third-order valence-electron chi connectivity index (χ3n) is 3.53. The van der Waals surface area contributed by atoms with Crippen molar-refractivity contribution in [2.75, 3.05) is 27.9 Å². The van der Waals surface area contributed by atoms with E-state index in [0.717, 1.165) is 0 Å². The topological polar surface area (TPSA) is 114 Å². The molecule has 1 aliphatic heterocycles. The molecule has 1 unspecified atom stereocenters. The molecule has 0 amide bonds. The summed E-state index contributed by atoms with van der Waals surface area (Å²) in [7, 11) is 3.97. The maximum Gasteiger partial charge on any atom is 0.164 e. The lowest BCUT2D eigenvalue weighted by Crippen LogP contribution is -2.63. The van der Waals surface area contributed by atoms with Gasteiger partial charge in [0, 0.05) is 0 Å². The van der Waals surface area contributed by atoms with E-state index in [9.17, 15) is 10.2 Å². The maximum atomic E-state index is 10.5. The number of aliphatic hydroxyl groups is 2. The highest BCUT2D eigenvalue weighted by Gasteiger charge is 2.50. The molecule has 10 nitrogen and oxygen atoms in total. The van der Waals surface area contributed by atoms with Crippen molar-refractivity contribution in [2.45, 2.75) is 63.2 Å².